The van der Waals surface area contributed by atoms with Gasteiger partial charge in [-0.3, -0.25) is 4.79 Å². The minimum Gasteiger partial charge on any atom is -0.388 e. The molecule has 12 heteroatoms. The largest absolute Gasteiger partial charge is 0.388 e. The fourth-order valence-corrected chi connectivity index (χ4v) is 5.16. The summed E-state index contributed by atoms with van der Waals surface area (Å²) in [6, 6.07) is 18.7. The van der Waals surface area contributed by atoms with Gasteiger partial charge in [-0.25, -0.2) is 0 Å². The molecule has 0 saturated carbocycles. The third-order valence-corrected chi connectivity index (χ3v) is 7.27. The third-order valence-electron chi connectivity index (χ3n) is 7.27. The number of aliphatic hydroxyl groups excluding tert-OH is 3. The highest BCUT2D eigenvalue weighted by Gasteiger charge is 2.54. The highest BCUT2D eigenvalue weighted by Crippen LogP contribution is 2.36. The van der Waals surface area contributed by atoms with Crippen molar-refractivity contribution in [3.05, 3.63) is 71.8 Å². The molecule has 2 aliphatic heterocycles. The number of ether oxygens (including phenoxy) is 8. The number of Topliss-reactive ketones (excluding diaryl/α,β-unsaturated/α-hetero) is 1. The molecule has 3 N–H and O–H groups in total. The highest BCUT2D eigenvalue weighted by atomic mass is 16.8. The number of methoxy groups -OCH3 is 2. The van der Waals surface area contributed by atoms with Crippen LogP contribution in [-0.4, -0.2) is 110 Å². The predicted octanol–water partition coefficient (Wildman–Crippen LogP) is 1.32. The smallest absolute Gasteiger partial charge is 0.189 e. The van der Waals surface area contributed by atoms with Gasteiger partial charge in [0.2, 0.25) is 0 Å². The highest BCUT2D eigenvalue weighted by molar-refractivity contribution is 5.84. The number of aliphatic hydroxyl groups is 3. The van der Waals surface area contributed by atoms with Gasteiger partial charge in [0.1, 0.15) is 43.2 Å². The number of benzene rings is 2. The molecule has 2 aromatic carbocycles. The first-order valence-electron chi connectivity index (χ1n) is 14.2. The van der Waals surface area contributed by atoms with E-state index in [0.717, 1.165) is 11.1 Å². The SMILES string of the molecule is COC(OC)[C@@H]1OC(C)(C)O[C@H]1[C@H](O[C@@H]1O[C@H](COCc2ccccc2)[C@H](O)[C@H](O)[C@H]1OCc1ccccc1)C(=O)CO. The van der Waals surface area contributed by atoms with E-state index in [9.17, 15) is 20.1 Å². The van der Waals surface area contributed by atoms with Crippen LogP contribution in [0.1, 0.15) is 25.0 Å². The van der Waals surface area contributed by atoms with Crippen LogP contribution in [0.4, 0.5) is 0 Å². The summed E-state index contributed by atoms with van der Waals surface area (Å²) in [6.45, 7) is 2.65. The lowest BCUT2D eigenvalue weighted by atomic mass is 9.98. The van der Waals surface area contributed by atoms with Gasteiger partial charge in [0.05, 0.1) is 19.8 Å². The summed E-state index contributed by atoms with van der Waals surface area (Å²) in [5, 5.41) is 32.1. The molecule has 2 fully saturated rings. The summed E-state index contributed by atoms with van der Waals surface area (Å²) in [4.78, 5) is 13.1. The van der Waals surface area contributed by atoms with Gasteiger partial charge in [-0.15, -0.1) is 0 Å². The van der Waals surface area contributed by atoms with Crippen LogP contribution in [0.15, 0.2) is 60.7 Å². The number of carbonyl (C=O) groups excluding carboxylic acids is 1. The van der Waals surface area contributed by atoms with Gasteiger partial charge in [0.15, 0.2) is 30.3 Å². The van der Waals surface area contributed by atoms with Gasteiger partial charge in [0, 0.05) is 14.2 Å². The molecular formula is C31H42O12. The van der Waals surface area contributed by atoms with Crippen LogP contribution < -0.4 is 0 Å². The van der Waals surface area contributed by atoms with Gasteiger partial charge in [-0.1, -0.05) is 60.7 Å². The lowest BCUT2D eigenvalue weighted by molar-refractivity contribution is -0.326. The first-order chi connectivity index (χ1) is 20.7. The maximum atomic E-state index is 13.1. The Labute approximate surface area is 251 Å². The molecule has 238 valence electrons. The molecule has 43 heavy (non-hydrogen) atoms. The average molecular weight is 607 g/mol. The van der Waals surface area contributed by atoms with Crippen molar-refractivity contribution in [2.24, 2.45) is 0 Å². The quantitative estimate of drug-likeness (QED) is 0.251. The Balaban J connectivity index is 1.58. The number of rotatable bonds is 15. The fourth-order valence-electron chi connectivity index (χ4n) is 5.16. The molecule has 2 aliphatic rings. The molecule has 0 unspecified atom stereocenters. The molecule has 8 atom stereocenters. The first kappa shape index (κ1) is 33.6. The molecule has 0 amide bonds. The van der Waals surface area contributed by atoms with Crippen molar-refractivity contribution in [1.82, 2.24) is 0 Å². The number of ketones is 1. The molecule has 0 radical (unpaired) electrons. The second-order valence-electron chi connectivity index (χ2n) is 10.9. The van der Waals surface area contributed by atoms with Crippen molar-refractivity contribution in [2.45, 2.75) is 88.2 Å². The summed E-state index contributed by atoms with van der Waals surface area (Å²) in [5.41, 5.74) is 1.72. The summed E-state index contributed by atoms with van der Waals surface area (Å²) in [5.74, 6) is -1.88. The fraction of sp³-hybridized carbons (Fsp3) is 0.581. The summed E-state index contributed by atoms with van der Waals surface area (Å²) in [6.07, 6.45) is -11.0. The van der Waals surface area contributed by atoms with E-state index in [4.69, 9.17) is 37.9 Å². The molecule has 4 rings (SSSR count). The van der Waals surface area contributed by atoms with Crippen molar-refractivity contribution < 1.29 is 58.0 Å². The Kier molecular flexibility index (Phi) is 12.2. The van der Waals surface area contributed by atoms with Crippen LogP contribution in [0.3, 0.4) is 0 Å². The van der Waals surface area contributed by atoms with Gasteiger partial charge < -0.3 is 53.2 Å². The number of hydrogen-bond acceptors (Lipinski definition) is 12. The van der Waals surface area contributed by atoms with E-state index in [1.54, 1.807) is 13.8 Å². The van der Waals surface area contributed by atoms with Gasteiger partial charge in [-0.05, 0) is 25.0 Å². The van der Waals surface area contributed by atoms with Crippen LogP contribution in [0, 0.1) is 0 Å². The Bertz CT molecular complexity index is 1110. The molecule has 2 saturated heterocycles. The molecule has 0 aliphatic carbocycles. The van der Waals surface area contributed by atoms with E-state index in [-0.39, 0.29) is 19.8 Å². The van der Waals surface area contributed by atoms with Crippen molar-refractivity contribution in [2.75, 3.05) is 27.4 Å². The summed E-state index contributed by atoms with van der Waals surface area (Å²) in [7, 11) is 2.83. The monoisotopic (exact) mass is 606 g/mol. The van der Waals surface area contributed by atoms with Crippen molar-refractivity contribution in [3.8, 4) is 0 Å². The van der Waals surface area contributed by atoms with E-state index in [2.05, 4.69) is 0 Å². The molecule has 12 nitrogen and oxygen atoms in total. The van der Waals surface area contributed by atoms with Crippen LogP contribution in [0.5, 0.6) is 0 Å². The van der Waals surface area contributed by atoms with E-state index in [1.165, 1.54) is 14.2 Å². The first-order valence-corrected chi connectivity index (χ1v) is 14.2. The zero-order valence-electron chi connectivity index (χ0n) is 24.8. The minimum atomic E-state index is -1.48. The summed E-state index contributed by atoms with van der Waals surface area (Å²) < 4.78 is 47.0. The lowest BCUT2D eigenvalue weighted by Crippen LogP contribution is -2.62. The van der Waals surface area contributed by atoms with Gasteiger partial charge >= 0.3 is 0 Å². The van der Waals surface area contributed by atoms with Crippen LogP contribution in [0.2, 0.25) is 0 Å². The topological polar surface area (TPSA) is 152 Å². The Morgan fingerprint density at radius 1 is 0.884 bits per heavy atom. The Morgan fingerprint density at radius 3 is 2.05 bits per heavy atom. The van der Waals surface area contributed by atoms with Crippen molar-refractivity contribution in [3.63, 3.8) is 0 Å². The molecule has 0 spiro atoms. The standard InChI is InChI=1S/C31H42O12/c1-31(2)42-27(28(43-31)29(36-3)37-4)25(21(33)15-32)41-30-26(39-17-20-13-9-6-10-14-20)24(35)23(34)22(40-30)18-38-16-19-11-7-5-8-12-19/h5-14,22-30,32,34-35H,15-18H2,1-4H3/t22-,23+,24+,25-,26-,27+,28-,30+/m1/s1. The van der Waals surface area contributed by atoms with Crippen molar-refractivity contribution in [1.29, 1.82) is 0 Å². The summed E-state index contributed by atoms with van der Waals surface area (Å²) >= 11 is 0. The van der Waals surface area contributed by atoms with E-state index in [1.807, 2.05) is 60.7 Å². The van der Waals surface area contributed by atoms with Gasteiger partial charge in [0.25, 0.3) is 0 Å². The molecule has 2 heterocycles. The van der Waals surface area contributed by atoms with Crippen LogP contribution >= 0.6 is 0 Å². The maximum Gasteiger partial charge on any atom is 0.189 e. The zero-order chi connectivity index (χ0) is 31.0. The lowest BCUT2D eigenvalue weighted by Gasteiger charge is -2.43. The molecule has 0 aromatic heterocycles. The third kappa shape index (κ3) is 8.65. The molecule has 2 aromatic rings. The zero-order valence-corrected chi connectivity index (χ0v) is 24.8. The molecule has 0 bridgehead atoms. The average Bonchev–Trinajstić information content (AvgIpc) is 3.33. The Morgan fingerprint density at radius 2 is 1.47 bits per heavy atom. The van der Waals surface area contributed by atoms with Crippen LogP contribution in [0.25, 0.3) is 0 Å². The van der Waals surface area contributed by atoms with Crippen LogP contribution in [-0.2, 0) is 55.9 Å². The normalized spacial score (nSPS) is 29.5. The number of hydrogen-bond donors (Lipinski definition) is 3. The maximum absolute atomic E-state index is 13.1. The van der Waals surface area contributed by atoms with Gasteiger partial charge in [-0.2, -0.15) is 0 Å². The second-order valence-corrected chi connectivity index (χ2v) is 10.9. The van der Waals surface area contributed by atoms with E-state index < -0.39 is 73.5 Å². The van der Waals surface area contributed by atoms with E-state index >= 15 is 0 Å². The molecular weight excluding hydrogens is 564 g/mol. The van der Waals surface area contributed by atoms with Crippen molar-refractivity contribution >= 4 is 5.78 Å². The number of carbonyl (C=O) groups is 1. The predicted molar refractivity (Wildman–Crippen MR) is 150 cm³/mol. The second kappa shape index (κ2) is 15.6. The van der Waals surface area contributed by atoms with E-state index in [0.29, 0.717) is 0 Å². The Hall–Kier alpha value is -2.33. The minimum absolute atomic E-state index is 0.0560.